The standard InChI is InChI=1S/C22H35N5O3/c1-17-18-9-10-20(28)27(13-8-14-30-3)22(18)24-19(23-17)15-25(2)21(29)16-26-11-6-4-5-7-12-26/h4-16H2,1-3H3. The van der Waals surface area contributed by atoms with E-state index >= 15 is 0 Å². The number of amides is 2. The molecular weight excluding hydrogens is 382 g/mol. The van der Waals surface area contributed by atoms with Crippen molar-refractivity contribution >= 4 is 17.6 Å². The zero-order valence-electron chi connectivity index (χ0n) is 18.7. The van der Waals surface area contributed by atoms with Crippen LogP contribution in [0.4, 0.5) is 5.82 Å². The van der Waals surface area contributed by atoms with Crippen LogP contribution in [-0.2, 0) is 27.3 Å². The Labute approximate surface area is 179 Å². The number of hydrogen-bond donors (Lipinski definition) is 0. The van der Waals surface area contributed by atoms with E-state index in [1.54, 1.807) is 24.0 Å². The molecule has 8 nitrogen and oxygen atoms in total. The first-order valence-corrected chi connectivity index (χ1v) is 11.1. The minimum atomic E-state index is 0.0869. The van der Waals surface area contributed by atoms with Gasteiger partial charge in [0, 0.05) is 45.0 Å². The highest BCUT2D eigenvalue weighted by Crippen LogP contribution is 2.28. The lowest BCUT2D eigenvalue weighted by Crippen LogP contribution is -2.40. The molecule has 1 aromatic rings. The van der Waals surface area contributed by atoms with E-state index in [1.807, 2.05) is 6.92 Å². The number of rotatable bonds is 8. The summed E-state index contributed by atoms with van der Waals surface area (Å²) < 4.78 is 5.13. The van der Waals surface area contributed by atoms with Crippen LogP contribution in [0.3, 0.4) is 0 Å². The van der Waals surface area contributed by atoms with Crippen LogP contribution in [0.15, 0.2) is 0 Å². The van der Waals surface area contributed by atoms with Gasteiger partial charge in [0.05, 0.1) is 13.1 Å². The van der Waals surface area contributed by atoms with Crippen LogP contribution < -0.4 is 4.90 Å². The van der Waals surface area contributed by atoms with Crippen LogP contribution in [0.1, 0.15) is 55.6 Å². The number of fused-ring (bicyclic) bond motifs is 1. The molecule has 3 heterocycles. The highest BCUT2D eigenvalue weighted by molar-refractivity contribution is 5.95. The monoisotopic (exact) mass is 417 g/mol. The van der Waals surface area contributed by atoms with Crippen molar-refractivity contribution in [1.29, 1.82) is 0 Å². The Morgan fingerprint density at radius 1 is 1.13 bits per heavy atom. The van der Waals surface area contributed by atoms with Crippen LogP contribution in [0, 0.1) is 6.92 Å². The fourth-order valence-electron chi connectivity index (χ4n) is 4.21. The smallest absolute Gasteiger partial charge is 0.236 e. The number of likely N-dealkylation sites (tertiary alicyclic amines) is 1. The molecule has 8 heteroatoms. The summed E-state index contributed by atoms with van der Waals surface area (Å²) in [4.78, 5) is 40.3. The molecule has 2 aliphatic heterocycles. The molecule has 0 saturated carbocycles. The van der Waals surface area contributed by atoms with Crippen molar-refractivity contribution in [2.45, 2.75) is 58.4 Å². The number of anilines is 1. The number of carbonyl (C=O) groups excluding carboxylic acids is 2. The summed E-state index contributed by atoms with van der Waals surface area (Å²) >= 11 is 0. The van der Waals surface area contributed by atoms with E-state index in [0.29, 0.717) is 50.7 Å². The van der Waals surface area contributed by atoms with Crippen LogP contribution in [-0.4, -0.2) is 78.5 Å². The van der Waals surface area contributed by atoms with Crippen molar-refractivity contribution in [3.05, 3.63) is 17.1 Å². The fraction of sp³-hybridized carbons (Fsp3) is 0.727. The van der Waals surface area contributed by atoms with Gasteiger partial charge in [0.25, 0.3) is 0 Å². The Morgan fingerprint density at radius 2 is 1.87 bits per heavy atom. The molecule has 166 valence electrons. The van der Waals surface area contributed by atoms with E-state index < -0.39 is 0 Å². The van der Waals surface area contributed by atoms with Crippen LogP contribution >= 0.6 is 0 Å². The number of nitrogens with zero attached hydrogens (tertiary/aromatic N) is 5. The number of aromatic nitrogens is 2. The van der Waals surface area contributed by atoms with Gasteiger partial charge in [-0.05, 0) is 45.7 Å². The second-order valence-corrected chi connectivity index (χ2v) is 8.36. The second kappa shape index (κ2) is 10.8. The van der Waals surface area contributed by atoms with E-state index in [2.05, 4.69) is 9.88 Å². The number of ether oxygens (including phenoxy) is 1. The molecule has 0 N–H and O–H groups in total. The van der Waals surface area contributed by atoms with Crippen molar-refractivity contribution in [1.82, 2.24) is 19.8 Å². The third kappa shape index (κ3) is 5.76. The third-order valence-corrected chi connectivity index (χ3v) is 5.98. The number of hydrogen-bond acceptors (Lipinski definition) is 6. The number of methoxy groups -OCH3 is 1. The molecular formula is C22H35N5O3. The molecule has 1 saturated heterocycles. The molecule has 1 fully saturated rings. The van der Waals surface area contributed by atoms with Crippen molar-refractivity contribution in [3.63, 3.8) is 0 Å². The Bertz CT molecular complexity index is 747. The Hall–Kier alpha value is -2.06. The number of carbonyl (C=O) groups is 2. The van der Waals surface area contributed by atoms with Crippen molar-refractivity contribution in [3.8, 4) is 0 Å². The first-order valence-electron chi connectivity index (χ1n) is 11.1. The maximum atomic E-state index is 12.7. The summed E-state index contributed by atoms with van der Waals surface area (Å²) in [5.74, 6) is 1.47. The molecule has 30 heavy (non-hydrogen) atoms. The van der Waals surface area contributed by atoms with Gasteiger partial charge in [-0.25, -0.2) is 9.97 Å². The molecule has 0 atom stereocenters. The van der Waals surface area contributed by atoms with Crippen LogP contribution in [0.2, 0.25) is 0 Å². The molecule has 0 bridgehead atoms. The number of aryl methyl sites for hydroxylation is 1. The van der Waals surface area contributed by atoms with Crippen LogP contribution in [0.25, 0.3) is 0 Å². The molecule has 1 aromatic heterocycles. The van der Waals surface area contributed by atoms with Crippen molar-refractivity contribution < 1.29 is 14.3 Å². The van der Waals surface area contributed by atoms with Gasteiger partial charge in [0.2, 0.25) is 11.8 Å². The number of likely N-dealkylation sites (N-methyl/N-ethyl adjacent to an activating group) is 1. The summed E-state index contributed by atoms with van der Waals surface area (Å²) in [6.45, 7) is 5.93. The summed E-state index contributed by atoms with van der Waals surface area (Å²) in [6, 6.07) is 0. The van der Waals surface area contributed by atoms with Gasteiger partial charge < -0.3 is 9.64 Å². The summed E-state index contributed by atoms with van der Waals surface area (Å²) in [6.07, 6.45) is 6.75. The lowest BCUT2D eigenvalue weighted by atomic mass is 10.0. The van der Waals surface area contributed by atoms with Gasteiger partial charge >= 0.3 is 0 Å². The predicted molar refractivity (Wildman–Crippen MR) is 115 cm³/mol. The molecule has 0 unspecified atom stereocenters. The SMILES string of the molecule is COCCCN1C(=O)CCc2c(C)nc(CN(C)C(=O)CN3CCCCCC3)nc21. The fourth-order valence-corrected chi connectivity index (χ4v) is 4.21. The average Bonchev–Trinajstić information content (AvgIpc) is 2.98. The minimum Gasteiger partial charge on any atom is -0.385 e. The predicted octanol–water partition coefficient (Wildman–Crippen LogP) is 1.94. The average molecular weight is 418 g/mol. The Kier molecular flexibility index (Phi) is 8.16. The van der Waals surface area contributed by atoms with Crippen LogP contribution in [0.5, 0.6) is 0 Å². The molecule has 0 aliphatic carbocycles. The van der Waals surface area contributed by atoms with Gasteiger partial charge in [-0.1, -0.05) is 12.8 Å². The molecule has 2 aliphatic rings. The first kappa shape index (κ1) is 22.6. The Morgan fingerprint density at radius 3 is 2.57 bits per heavy atom. The molecule has 0 spiro atoms. The third-order valence-electron chi connectivity index (χ3n) is 5.98. The van der Waals surface area contributed by atoms with E-state index in [0.717, 1.165) is 43.6 Å². The maximum absolute atomic E-state index is 12.7. The van der Waals surface area contributed by atoms with E-state index in [4.69, 9.17) is 9.72 Å². The molecule has 2 amide bonds. The topological polar surface area (TPSA) is 78.9 Å². The summed E-state index contributed by atoms with van der Waals surface area (Å²) in [7, 11) is 3.47. The van der Waals surface area contributed by atoms with Gasteiger partial charge in [0.15, 0.2) is 0 Å². The summed E-state index contributed by atoms with van der Waals surface area (Å²) in [5, 5.41) is 0. The molecule has 0 radical (unpaired) electrons. The molecule has 3 rings (SSSR count). The zero-order chi connectivity index (χ0) is 21.5. The van der Waals surface area contributed by atoms with Crippen molar-refractivity contribution in [2.75, 3.05) is 51.8 Å². The molecule has 0 aromatic carbocycles. The van der Waals surface area contributed by atoms with E-state index in [-0.39, 0.29) is 11.8 Å². The first-order chi connectivity index (χ1) is 14.5. The van der Waals surface area contributed by atoms with Gasteiger partial charge in [-0.2, -0.15) is 0 Å². The lowest BCUT2D eigenvalue weighted by molar-refractivity contribution is -0.131. The zero-order valence-corrected chi connectivity index (χ0v) is 18.7. The van der Waals surface area contributed by atoms with E-state index in [1.165, 1.54) is 12.8 Å². The highest BCUT2D eigenvalue weighted by atomic mass is 16.5. The quantitative estimate of drug-likeness (QED) is 0.602. The summed E-state index contributed by atoms with van der Waals surface area (Å²) in [5.41, 5.74) is 1.93. The minimum absolute atomic E-state index is 0.0869. The normalized spacial score (nSPS) is 17.6. The van der Waals surface area contributed by atoms with Gasteiger partial charge in [-0.15, -0.1) is 0 Å². The van der Waals surface area contributed by atoms with Crippen molar-refractivity contribution in [2.24, 2.45) is 0 Å². The van der Waals surface area contributed by atoms with Gasteiger partial charge in [0.1, 0.15) is 11.6 Å². The van der Waals surface area contributed by atoms with Gasteiger partial charge in [-0.3, -0.25) is 19.4 Å². The lowest BCUT2D eigenvalue weighted by Gasteiger charge is -2.30. The largest absolute Gasteiger partial charge is 0.385 e. The highest BCUT2D eigenvalue weighted by Gasteiger charge is 2.28. The second-order valence-electron chi connectivity index (χ2n) is 8.36. The maximum Gasteiger partial charge on any atom is 0.236 e. The Balaban J connectivity index is 1.69. The van der Waals surface area contributed by atoms with E-state index in [9.17, 15) is 9.59 Å².